The minimum atomic E-state index is -0.142. The summed E-state index contributed by atoms with van der Waals surface area (Å²) in [6.45, 7) is 3.58. The second-order valence-corrected chi connectivity index (χ2v) is 8.59. The smallest absolute Gasteiger partial charge is 0.258 e. The number of pyridine rings is 2. The highest BCUT2D eigenvalue weighted by Gasteiger charge is 2.13. The first-order valence-electron chi connectivity index (χ1n) is 10.9. The maximum Gasteiger partial charge on any atom is 0.258 e. The second kappa shape index (κ2) is 9.15. The molecule has 0 aliphatic carbocycles. The molecule has 0 radical (unpaired) electrons. The molecule has 0 spiro atoms. The van der Waals surface area contributed by atoms with Gasteiger partial charge in [0.05, 0.1) is 11.2 Å². The van der Waals surface area contributed by atoms with Crippen molar-refractivity contribution in [2.24, 2.45) is 0 Å². The Balaban J connectivity index is 1.32. The lowest BCUT2D eigenvalue weighted by Crippen LogP contribution is -2.19. The molecule has 0 atom stereocenters. The molecule has 1 aliphatic rings. The first-order valence-corrected chi connectivity index (χ1v) is 11.2. The van der Waals surface area contributed by atoms with Crippen LogP contribution in [-0.4, -0.2) is 27.5 Å². The highest BCUT2D eigenvalue weighted by Crippen LogP contribution is 2.20. The molecule has 0 saturated carbocycles. The van der Waals surface area contributed by atoms with Crippen molar-refractivity contribution < 1.29 is 4.74 Å². The zero-order valence-electron chi connectivity index (χ0n) is 17.7. The van der Waals surface area contributed by atoms with Crippen LogP contribution in [0.1, 0.15) is 24.1 Å². The van der Waals surface area contributed by atoms with Crippen LogP contribution in [0.3, 0.4) is 0 Å². The number of hydrogen-bond donors (Lipinski definition) is 0. The number of hydrogen-bond acceptors (Lipinski definition) is 4. The van der Waals surface area contributed by atoms with Crippen molar-refractivity contribution in [1.29, 1.82) is 0 Å². The Morgan fingerprint density at radius 3 is 2.53 bits per heavy atom. The summed E-state index contributed by atoms with van der Waals surface area (Å²) in [5.41, 5.74) is 3.69. The quantitative estimate of drug-likeness (QED) is 0.408. The Bertz CT molecular complexity index is 1290. The van der Waals surface area contributed by atoms with Gasteiger partial charge in [-0.3, -0.25) is 19.2 Å². The summed E-state index contributed by atoms with van der Waals surface area (Å²) in [5.74, 6) is 0.537. The molecule has 1 aliphatic heterocycles. The van der Waals surface area contributed by atoms with E-state index >= 15 is 0 Å². The summed E-state index contributed by atoms with van der Waals surface area (Å²) < 4.78 is 7.39. The topological polar surface area (TPSA) is 47.4 Å². The van der Waals surface area contributed by atoms with Crippen LogP contribution in [0.4, 0.5) is 0 Å². The number of fused-ring (bicyclic) bond motifs is 1. The van der Waals surface area contributed by atoms with Crippen molar-refractivity contribution in [3.05, 3.63) is 99.6 Å². The van der Waals surface area contributed by atoms with E-state index in [0.29, 0.717) is 17.4 Å². The van der Waals surface area contributed by atoms with Gasteiger partial charge in [-0.05, 0) is 74.0 Å². The number of benzene rings is 2. The number of ether oxygens (including phenoxy) is 1. The van der Waals surface area contributed by atoms with Gasteiger partial charge in [0.25, 0.3) is 5.56 Å². The fourth-order valence-electron chi connectivity index (χ4n) is 4.07. The van der Waals surface area contributed by atoms with Gasteiger partial charge >= 0.3 is 0 Å². The van der Waals surface area contributed by atoms with Crippen molar-refractivity contribution in [2.45, 2.75) is 26.0 Å². The number of aromatic nitrogens is 2. The molecule has 0 N–H and O–H groups in total. The third-order valence-corrected chi connectivity index (χ3v) is 6.05. The van der Waals surface area contributed by atoms with Gasteiger partial charge in [0.1, 0.15) is 12.4 Å². The fraction of sp³-hybridized carbons (Fsp3) is 0.231. The minimum absolute atomic E-state index is 0.142. The second-order valence-electron chi connectivity index (χ2n) is 8.15. The van der Waals surface area contributed by atoms with Gasteiger partial charge in [-0.25, -0.2) is 0 Å². The number of rotatable bonds is 6. The van der Waals surface area contributed by atoms with E-state index < -0.39 is 0 Å². The highest BCUT2D eigenvalue weighted by molar-refractivity contribution is 6.30. The minimum Gasteiger partial charge on any atom is -0.489 e. The lowest BCUT2D eigenvalue weighted by molar-refractivity contribution is 0.305. The predicted octanol–water partition coefficient (Wildman–Crippen LogP) is 5.21. The van der Waals surface area contributed by atoms with Crippen LogP contribution >= 0.6 is 11.6 Å². The molecule has 2 aromatic heterocycles. The summed E-state index contributed by atoms with van der Waals surface area (Å²) in [5, 5.41) is 1.70. The van der Waals surface area contributed by atoms with Gasteiger partial charge in [0.2, 0.25) is 0 Å². The van der Waals surface area contributed by atoms with Crippen LogP contribution in [0.15, 0.2) is 77.7 Å². The molecule has 1 fully saturated rings. The molecule has 0 unspecified atom stereocenters. The van der Waals surface area contributed by atoms with E-state index in [1.807, 2.05) is 42.5 Å². The Hall–Kier alpha value is -3.15. The summed E-state index contributed by atoms with van der Waals surface area (Å²) in [6.07, 6.45) is 4.29. The molecule has 0 amide bonds. The molecule has 2 aromatic carbocycles. The number of likely N-dealkylation sites (tertiary alicyclic amines) is 1. The molecular formula is C26H24ClN3O2. The average molecular weight is 446 g/mol. The number of nitrogens with zero attached hydrogens (tertiary/aromatic N) is 3. The highest BCUT2D eigenvalue weighted by atomic mass is 35.5. The molecular weight excluding hydrogens is 422 g/mol. The zero-order valence-corrected chi connectivity index (χ0v) is 18.5. The lowest BCUT2D eigenvalue weighted by atomic mass is 10.1. The van der Waals surface area contributed by atoms with Gasteiger partial charge in [0.15, 0.2) is 0 Å². The van der Waals surface area contributed by atoms with Crippen molar-refractivity contribution in [2.75, 3.05) is 13.1 Å². The van der Waals surface area contributed by atoms with E-state index in [1.54, 1.807) is 16.8 Å². The number of halogens is 1. The van der Waals surface area contributed by atoms with Crippen LogP contribution in [0.25, 0.3) is 16.6 Å². The van der Waals surface area contributed by atoms with Crippen molar-refractivity contribution in [3.63, 3.8) is 0 Å². The predicted molar refractivity (Wildman–Crippen MR) is 128 cm³/mol. The molecule has 5 rings (SSSR count). The Labute approximate surface area is 191 Å². The molecule has 0 bridgehead atoms. The monoisotopic (exact) mass is 445 g/mol. The van der Waals surface area contributed by atoms with Gasteiger partial charge in [0, 0.05) is 34.9 Å². The SMILES string of the molecule is O=c1cc(OCc2ccc(Cl)cc2)ccn1-c1ccc2nc(CN3CCCC3)ccc2c1. The van der Waals surface area contributed by atoms with Crippen LogP contribution < -0.4 is 10.3 Å². The van der Waals surface area contributed by atoms with E-state index in [9.17, 15) is 4.79 Å². The maximum atomic E-state index is 12.7. The summed E-state index contributed by atoms with van der Waals surface area (Å²) in [4.78, 5) is 20.0. The van der Waals surface area contributed by atoms with Crippen molar-refractivity contribution in [1.82, 2.24) is 14.5 Å². The van der Waals surface area contributed by atoms with Crippen molar-refractivity contribution in [3.8, 4) is 11.4 Å². The third-order valence-electron chi connectivity index (χ3n) is 5.80. The van der Waals surface area contributed by atoms with Gasteiger partial charge < -0.3 is 4.74 Å². The zero-order chi connectivity index (χ0) is 21.9. The summed E-state index contributed by atoms with van der Waals surface area (Å²) >= 11 is 5.91. The van der Waals surface area contributed by atoms with Crippen LogP contribution in [0.2, 0.25) is 5.02 Å². The molecule has 4 aromatic rings. The molecule has 32 heavy (non-hydrogen) atoms. The van der Waals surface area contributed by atoms with Gasteiger partial charge in [-0.15, -0.1) is 0 Å². The Morgan fingerprint density at radius 1 is 0.938 bits per heavy atom. The molecule has 162 valence electrons. The summed E-state index contributed by atoms with van der Waals surface area (Å²) in [6, 6.07) is 20.9. The summed E-state index contributed by atoms with van der Waals surface area (Å²) in [7, 11) is 0. The first kappa shape index (κ1) is 20.7. The van der Waals surface area contributed by atoms with Crippen molar-refractivity contribution >= 4 is 22.5 Å². The van der Waals surface area contributed by atoms with E-state index in [0.717, 1.165) is 47.5 Å². The van der Waals surface area contributed by atoms with E-state index in [1.165, 1.54) is 18.9 Å². The Kier molecular flexibility index (Phi) is 5.93. The average Bonchev–Trinajstić information content (AvgIpc) is 3.31. The van der Waals surface area contributed by atoms with E-state index in [-0.39, 0.29) is 5.56 Å². The van der Waals surface area contributed by atoms with E-state index in [4.69, 9.17) is 21.3 Å². The normalized spacial score (nSPS) is 14.2. The molecule has 6 heteroatoms. The lowest BCUT2D eigenvalue weighted by Gasteiger charge is -2.14. The first-order chi connectivity index (χ1) is 15.6. The third kappa shape index (κ3) is 4.69. The van der Waals surface area contributed by atoms with Crippen LogP contribution in [-0.2, 0) is 13.2 Å². The van der Waals surface area contributed by atoms with Gasteiger partial charge in [-0.1, -0.05) is 29.8 Å². The maximum absolute atomic E-state index is 12.7. The Morgan fingerprint density at radius 2 is 1.75 bits per heavy atom. The molecule has 1 saturated heterocycles. The van der Waals surface area contributed by atoms with Crippen LogP contribution in [0, 0.1) is 0 Å². The molecule has 3 heterocycles. The fourth-order valence-corrected chi connectivity index (χ4v) is 4.20. The van der Waals surface area contributed by atoms with Crippen LogP contribution in [0.5, 0.6) is 5.75 Å². The largest absolute Gasteiger partial charge is 0.489 e. The van der Waals surface area contributed by atoms with E-state index in [2.05, 4.69) is 17.0 Å². The standard InChI is InChI=1S/C26H24ClN3O2/c27-21-6-3-19(4-7-21)18-32-24-11-14-30(26(31)16-24)23-9-10-25-20(15-23)5-8-22(28-25)17-29-12-1-2-13-29/h3-11,14-16H,1-2,12-13,17-18H2. The molecule has 5 nitrogen and oxygen atoms in total. The van der Waals surface area contributed by atoms with Gasteiger partial charge in [-0.2, -0.15) is 0 Å².